The summed E-state index contributed by atoms with van der Waals surface area (Å²) in [6.45, 7) is 1.33. The predicted octanol–water partition coefficient (Wildman–Crippen LogP) is 2.24. The SMILES string of the molecule is CNS(=O)(=O)c1cccc(OCC(O)CNC2COC3(CCN(S(=O)(=O)c4cc(Cl)cc(Cl)c4)CC3)C2)c1. The second-order valence-corrected chi connectivity index (χ2v) is 14.2. The summed E-state index contributed by atoms with van der Waals surface area (Å²) >= 11 is 12.0. The Bertz CT molecular complexity index is 1330. The topological polar surface area (TPSA) is 134 Å². The van der Waals surface area contributed by atoms with E-state index in [0.717, 1.165) is 0 Å². The van der Waals surface area contributed by atoms with Crippen molar-refractivity contribution < 1.29 is 31.4 Å². The van der Waals surface area contributed by atoms with Crippen molar-refractivity contribution in [3.8, 4) is 5.75 Å². The van der Waals surface area contributed by atoms with Crippen molar-refractivity contribution in [2.75, 3.05) is 39.9 Å². The molecule has 38 heavy (non-hydrogen) atoms. The number of hydrogen-bond acceptors (Lipinski definition) is 8. The molecule has 0 saturated carbocycles. The fraction of sp³-hybridized carbons (Fsp3) is 0.500. The van der Waals surface area contributed by atoms with Gasteiger partial charge in [0, 0.05) is 41.8 Å². The molecule has 2 fully saturated rings. The van der Waals surface area contributed by atoms with Gasteiger partial charge in [-0.2, -0.15) is 4.31 Å². The van der Waals surface area contributed by atoms with E-state index in [9.17, 15) is 21.9 Å². The zero-order valence-corrected chi connectivity index (χ0v) is 23.9. The molecule has 1 spiro atoms. The molecule has 2 atom stereocenters. The average Bonchev–Trinajstić information content (AvgIpc) is 3.28. The highest BCUT2D eigenvalue weighted by atomic mass is 35.5. The van der Waals surface area contributed by atoms with Gasteiger partial charge in [-0.05, 0) is 56.6 Å². The molecule has 2 aliphatic rings. The van der Waals surface area contributed by atoms with Crippen molar-refractivity contribution in [3.05, 3.63) is 52.5 Å². The lowest BCUT2D eigenvalue weighted by Crippen LogP contribution is -2.47. The Morgan fingerprint density at radius 1 is 1.11 bits per heavy atom. The molecule has 2 saturated heterocycles. The van der Waals surface area contributed by atoms with Crippen LogP contribution in [0.15, 0.2) is 52.3 Å². The predicted molar refractivity (Wildman–Crippen MR) is 144 cm³/mol. The number of halogens is 2. The number of nitrogens with zero attached hydrogens (tertiary/aromatic N) is 1. The molecule has 2 heterocycles. The summed E-state index contributed by atoms with van der Waals surface area (Å²) in [5.74, 6) is 0.338. The van der Waals surface area contributed by atoms with Crippen molar-refractivity contribution in [2.24, 2.45) is 0 Å². The molecule has 0 radical (unpaired) electrons. The minimum atomic E-state index is -3.72. The van der Waals surface area contributed by atoms with Gasteiger partial charge in [0.15, 0.2) is 0 Å². The smallest absolute Gasteiger partial charge is 0.243 e. The lowest BCUT2D eigenvalue weighted by Gasteiger charge is -2.38. The minimum Gasteiger partial charge on any atom is -0.491 e. The van der Waals surface area contributed by atoms with Crippen LogP contribution in [-0.2, 0) is 24.8 Å². The fourth-order valence-electron chi connectivity index (χ4n) is 4.69. The molecule has 2 aromatic carbocycles. The van der Waals surface area contributed by atoms with Gasteiger partial charge >= 0.3 is 0 Å². The molecule has 0 aliphatic carbocycles. The second kappa shape index (κ2) is 11.9. The van der Waals surface area contributed by atoms with Crippen LogP contribution in [0.1, 0.15) is 19.3 Å². The number of piperidine rings is 1. The van der Waals surface area contributed by atoms with E-state index in [1.54, 1.807) is 12.1 Å². The van der Waals surface area contributed by atoms with Crippen molar-refractivity contribution in [1.82, 2.24) is 14.3 Å². The third-order valence-electron chi connectivity index (χ3n) is 6.79. The highest BCUT2D eigenvalue weighted by Gasteiger charge is 2.44. The molecule has 3 N–H and O–H groups in total. The summed E-state index contributed by atoms with van der Waals surface area (Å²) in [6, 6.07) is 10.3. The fourth-order valence-corrected chi connectivity index (χ4v) is 7.62. The van der Waals surface area contributed by atoms with E-state index in [0.29, 0.717) is 44.7 Å². The lowest BCUT2D eigenvalue weighted by atomic mass is 9.88. The van der Waals surface area contributed by atoms with Gasteiger partial charge in [0.2, 0.25) is 20.0 Å². The number of aliphatic hydroxyl groups is 1. The Balaban J connectivity index is 1.24. The maximum Gasteiger partial charge on any atom is 0.243 e. The first-order chi connectivity index (χ1) is 17.9. The van der Waals surface area contributed by atoms with Crippen LogP contribution in [0.4, 0.5) is 0 Å². The number of nitrogens with one attached hydrogen (secondary N) is 2. The maximum atomic E-state index is 13.1. The molecule has 210 valence electrons. The first-order valence-electron chi connectivity index (χ1n) is 12.1. The van der Waals surface area contributed by atoms with Crippen LogP contribution in [0, 0.1) is 0 Å². The molecule has 14 heteroatoms. The van der Waals surface area contributed by atoms with Crippen molar-refractivity contribution in [3.63, 3.8) is 0 Å². The van der Waals surface area contributed by atoms with E-state index in [-0.39, 0.29) is 39.0 Å². The van der Waals surface area contributed by atoms with Crippen LogP contribution < -0.4 is 14.8 Å². The van der Waals surface area contributed by atoms with Gasteiger partial charge in [-0.1, -0.05) is 29.3 Å². The normalized spacial score (nSPS) is 21.0. The van der Waals surface area contributed by atoms with E-state index in [1.165, 1.54) is 41.7 Å². The molecule has 2 aromatic rings. The van der Waals surface area contributed by atoms with Gasteiger partial charge in [-0.25, -0.2) is 21.6 Å². The molecule has 0 bridgehead atoms. The zero-order valence-electron chi connectivity index (χ0n) is 20.8. The zero-order chi connectivity index (χ0) is 27.6. The van der Waals surface area contributed by atoms with Gasteiger partial charge in [-0.15, -0.1) is 0 Å². The van der Waals surface area contributed by atoms with Crippen LogP contribution in [0.3, 0.4) is 0 Å². The van der Waals surface area contributed by atoms with Crippen LogP contribution in [0.2, 0.25) is 10.0 Å². The lowest BCUT2D eigenvalue weighted by molar-refractivity contribution is -0.0312. The van der Waals surface area contributed by atoms with Crippen molar-refractivity contribution in [2.45, 2.75) is 46.8 Å². The van der Waals surface area contributed by atoms with Crippen LogP contribution in [0.25, 0.3) is 0 Å². The summed E-state index contributed by atoms with van der Waals surface area (Å²) in [7, 11) is -5.98. The highest BCUT2D eigenvalue weighted by molar-refractivity contribution is 7.89. The average molecular weight is 609 g/mol. The summed E-state index contributed by atoms with van der Waals surface area (Å²) in [6.07, 6.45) is 0.973. The number of aliphatic hydroxyl groups excluding tert-OH is 1. The third kappa shape index (κ3) is 6.98. The Hall–Kier alpha value is -1.48. The number of rotatable bonds is 10. The Morgan fingerprint density at radius 2 is 1.79 bits per heavy atom. The molecule has 2 aliphatic heterocycles. The summed E-state index contributed by atoms with van der Waals surface area (Å²) in [5.41, 5.74) is -0.420. The minimum absolute atomic E-state index is 0.00337. The molecular formula is C24H31Cl2N3O7S2. The third-order valence-corrected chi connectivity index (χ3v) is 10.5. The van der Waals surface area contributed by atoms with E-state index >= 15 is 0 Å². The maximum absolute atomic E-state index is 13.1. The monoisotopic (exact) mass is 607 g/mol. The van der Waals surface area contributed by atoms with Gasteiger partial charge in [-0.3, -0.25) is 0 Å². The first-order valence-corrected chi connectivity index (χ1v) is 15.8. The van der Waals surface area contributed by atoms with Crippen LogP contribution in [-0.4, -0.2) is 83.9 Å². The Labute approximate surface area is 233 Å². The Morgan fingerprint density at radius 3 is 2.45 bits per heavy atom. The molecule has 0 amide bonds. The second-order valence-electron chi connectivity index (χ2n) is 9.46. The van der Waals surface area contributed by atoms with Gasteiger partial charge in [0.05, 0.1) is 22.0 Å². The number of benzene rings is 2. The van der Waals surface area contributed by atoms with Crippen LogP contribution >= 0.6 is 23.2 Å². The van der Waals surface area contributed by atoms with E-state index in [1.807, 2.05) is 0 Å². The van der Waals surface area contributed by atoms with Crippen molar-refractivity contribution in [1.29, 1.82) is 0 Å². The summed E-state index contributed by atoms with van der Waals surface area (Å²) in [4.78, 5) is 0.151. The molecule has 10 nitrogen and oxygen atoms in total. The standard InChI is InChI=1S/C24H31Cl2N3O7S2/c1-27-37(31,32)22-4-2-3-21(12-22)35-16-20(30)14-28-19-13-24(36-15-19)5-7-29(8-6-24)38(33,34)23-10-17(25)9-18(26)11-23/h2-4,9-12,19-20,27-28,30H,5-8,13-16H2,1H3. The number of hydrogen-bond donors (Lipinski definition) is 3. The van der Waals surface area contributed by atoms with Crippen molar-refractivity contribution >= 4 is 43.2 Å². The molecule has 4 rings (SSSR count). The molecule has 0 aromatic heterocycles. The van der Waals surface area contributed by atoms with Gasteiger partial charge < -0.3 is 19.9 Å². The molecular weight excluding hydrogens is 577 g/mol. The number of sulfonamides is 2. The summed E-state index contributed by atoms with van der Waals surface area (Å²) < 4.78 is 65.4. The van der Waals surface area contributed by atoms with Gasteiger partial charge in [0.25, 0.3) is 0 Å². The van der Waals surface area contributed by atoms with Gasteiger partial charge in [0.1, 0.15) is 18.5 Å². The summed E-state index contributed by atoms with van der Waals surface area (Å²) in [5, 5.41) is 14.2. The van der Waals surface area contributed by atoms with Crippen LogP contribution in [0.5, 0.6) is 5.75 Å². The largest absolute Gasteiger partial charge is 0.491 e. The quantitative estimate of drug-likeness (QED) is 0.374. The van der Waals surface area contributed by atoms with E-state index < -0.39 is 31.8 Å². The van der Waals surface area contributed by atoms with E-state index in [4.69, 9.17) is 32.7 Å². The molecule has 2 unspecified atom stereocenters. The number of ether oxygens (including phenoxy) is 2. The highest BCUT2D eigenvalue weighted by Crippen LogP contribution is 2.37. The first kappa shape index (κ1) is 29.5. The Kier molecular flexibility index (Phi) is 9.28. The van der Waals surface area contributed by atoms with E-state index in [2.05, 4.69) is 10.0 Å².